The van der Waals surface area contributed by atoms with Gasteiger partial charge in [-0.05, 0) is 55.0 Å². The van der Waals surface area contributed by atoms with Gasteiger partial charge in [0.15, 0.2) is 0 Å². The van der Waals surface area contributed by atoms with Crippen molar-refractivity contribution in [3.05, 3.63) is 34.3 Å². The first kappa shape index (κ1) is 16.0. The van der Waals surface area contributed by atoms with Gasteiger partial charge in [0, 0.05) is 17.1 Å². The standard InChI is InChI=1S/C17H27BrN2/c1-17(2,3)14-8-10-20(12-14)11-9-16(19)13-4-6-15(18)7-5-13/h4-7,14,16H,8-12,19H2,1-3H3. The summed E-state index contributed by atoms with van der Waals surface area (Å²) in [5.74, 6) is 0.825. The molecule has 0 aromatic heterocycles. The van der Waals surface area contributed by atoms with Crippen molar-refractivity contribution in [1.82, 2.24) is 4.90 Å². The summed E-state index contributed by atoms with van der Waals surface area (Å²) in [5.41, 5.74) is 7.97. The summed E-state index contributed by atoms with van der Waals surface area (Å²) in [4.78, 5) is 2.58. The third kappa shape index (κ3) is 4.31. The van der Waals surface area contributed by atoms with Crippen LogP contribution in [0.25, 0.3) is 0 Å². The fraction of sp³-hybridized carbons (Fsp3) is 0.647. The third-order valence-corrected chi connectivity index (χ3v) is 5.08. The number of nitrogens with two attached hydrogens (primary N) is 1. The fourth-order valence-corrected chi connectivity index (χ4v) is 3.21. The van der Waals surface area contributed by atoms with Gasteiger partial charge in [0.25, 0.3) is 0 Å². The molecule has 0 amide bonds. The first-order valence-corrected chi connectivity index (χ1v) is 8.39. The molecule has 20 heavy (non-hydrogen) atoms. The lowest BCUT2D eigenvalue weighted by atomic mass is 9.80. The van der Waals surface area contributed by atoms with E-state index in [9.17, 15) is 0 Å². The number of halogens is 1. The molecule has 2 atom stereocenters. The van der Waals surface area contributed by atoms with E-state index in [1.54, 1.807) is 0 Å². The summed E-state index contributed by atoms with van der Waals surface area (Å²) in [6, 6.07) is 8.53. The fourth-order valence-electron chi connectivity index (χ4n) is 2.94. The monoisotopic (exact) mass is 338 g/mol. The van der Waals surface area contributed by atoms with Crippen LogP contribution in [0.1, 0.15) is 45.2 Å². The van der Waals surface area contributed by atoms with Gasteiger partial charge in [-0.15, -0.1) is 0 Å². The SMILES string of the molecule is CC(C)(C)C1CCN(CCC(N)c2ccc(Br)cc2)C1. The largest absolute Gasteiger partial charge is 0.324 e. The van der Waals surface area contributed by atoms with Crippen molar-refractivity contribution in [3.8, 4) is 0 Å². The summed E-state index contributed by atoms with van der Waals surface area (Å²) in [6.45, 7) is 10.6. The Bertz CT molecular complexity index is 422. The zero-order valence-corrected chi connectivity index (χ0v) is 14.5. The van der Waals surface area contributed by atoms with Gasteiger partial charge in [-0.1, -0.05) is 48.8 Å². The molecule has 1 aliphatic heterocycles. The minimum Gasteiger partial charge on any atom is -0.324 e. The molecule has 0 spiro atoms. The predicted octanol–water partition coefficient (Wildman–Crippen LogP) is 4.21. The summed E-state index contributed by atoms with van der Waals surface area (Å²) in [6.07, 6.45) is 2.37. The Morgan fingerprint density at radius 1 is 1.30 bits per heavy atom. The Balaban J connectivity index is 1.80. The molecule has 1 aromatic rings. The first-order chi connectivity index (χ1) is 9.36. The lowest BCUT2D eigenvalue weighted by Gasteiger charge is -2.27. The molecule has 1 aliphatic rings. The average molecular weight is 339 g/mol. The van der Waals surface area contributed by atoms with E-state index in [2.05, 4.69) is 65.9 Å². The molecule has 3 heteroatoms. The molecule has 112 valence electrons. The van der Waals surface area contributed by atoms with Crippen LogP contribution in [0, 0.1) is 11.3 Å². The number of likely N-dealkylation sites (tertiary alicyclic amines) is 1. The highest BCUT2D eigenvalue weighted by Crippen LogP contribution is 2.33. The van der Waals surface area contributed by atoms with E-state index in [0.29, 0.717) is 5.41 Å². The second-order valence-corrected chi connectivity index (χ2v) is 8.01. The number of rotatable bonds is 4. The number of hydrogen-bond donors (Lipinski definition) is 1. The highest BCUT2D eigenvalue weighted by atomic mass is 79.9. The molecular weight excluding hydrogens is 312 g/mol. The molecule has 2 unspecified atom stereocenters. The lowest BCUT2D eigenvalue weighted by molar-refractivity contribution is 0.226. The van der Waals surface area contributed by atoms with Gasteiger partial charge >= 0.3 is 0 Å². The van der Waals surface area contributed by atoms with Gasteiger partial charge in [0.05, 0.1) is 0 Å². The molecule has 1 fully saturated rings. The van der Waals surface area contributed by atoms with Gasteiger partial charge < -0.3 is 10.6 Å². The van der Waals surface area contributed by atoms with Crippen molar-refractivity contribution >= 4 is 15.9 Å². The summed E-state index contributed by atoms with van der Waals surface area (Å²) in [7, 11) is 0. The van der Waals surface area contributed by atoms with Gasteiger partial charge in [-0.3, -0.25) is 0 Å². The Hall–Kier alpha value is -0.380. The van der Waals surface area contributed by atoms with E-state index in [-0.39, 0.29) is 6.04 Å². The van der Waals surface area contributed by atoms with Crippen molar-refractivity contribution in [2.75, 3.05) is 19.6 Å². The molecule has 1 saturated heterocycles. The van der Waals surface area contributed by atoms with Crippen LogP contribution in [0.2, 0.25) is 0 Å². The second-order valence-electron chi connectivity index (χ2n) is 7.10. The van der Waals surface area contributed by atoms with Crippen LogP contribution in [0.3, 0.4) is 0 Å². The van der Waals surface area contributed by atoms with Gasteiger partial charge in [-0.2, -0.15) is 0 Å². The molecular formula is C17H27BrN2. The number of nitrogens with zero attached hydrogens (tertiary/aromatic N) is 1. The van der Waals surface area contributed by atoms with E-state index in [4.69, 9.17) is 5.73 Å². The molecule has 0 radical (unpaired) electrons. The minimum atomic E-state index is 0.150. The van der Waals surface area contributed by atoms with E-state index in [1.165, 1.54) is 25.1 Å². The van der Waals surface area contributed by atoms with Crippen LogP contribution >= 0.6 is 15.9 Å². The molecule has 0 saturated carbocycles. The zero-order valence-electron chi connectivity index (χ0n) is 12.9. The Labute approximate surface area is 131 Å². The highest BCUT2D eigenvalue weighted by Gasteiger charge is 2.31. The third-order valence-electron chi connectivity index (χ3n) is 4.55. The van der Waals surface area contributed by atoms with E-state index in [0.717, 1.165) is 23.4 Å². The van der Waals surface area contributed by atoms with Gasteiger partial charge in [0.1, 0.15) is 0 Å². The van der Waals surface area contributed by atoms with Gasteiger partial charge in [-0.25, -0.2) is 0 Å². The molecule has 2 nitrogen and oxygen atoms in total. The maximum Gasteiger partial charge on any atom is 0.0307 e. The summed E-state index contributed by atoms with van der Waals surface area (Å²) < 4.78 is 1.11. The predicted molar refractivity (Wildman–Crippen MR) is 89.7 cm³/mol. The van der Waals surface area contributed by atoms with Crippen molar-refractivity contribution in [2.45, 2.75) is 39.7 Å². The summed E-state index contributed by atoms with van der Waals surface area (Å²) in [5, 5.41) is 0. The summed E-state index contributed by atoms with van der Waals surface area (Å²) >= 11 is 3.46. The Kier molecular flexibility index (Phi) is 5.27. The van der Waals surface area contributed by atoms with Crippen molar-refractivity contribution in [1.29, 1.82) is 0 Å². The zero-order chi connectivity index (χ0) is 14.8. The molecule has 1 heterocycles. The van der Waals surface area contributed by atoms with Crippen molar-refractivity contribution < 1.29 is 0 Å². The first-order valence-electron chi connectivity index (χ1n) is 7.59. The van der Waals surface area contributed by atoms with E-state index in [1.807, 2.05) is 0 Å². The smallest absolute Gasteiger partial charge is 0.0307 e. The Morgan fingerprint density at radius 2 is 1.95 bits per heavy atom. The average Bonchev–Trinajstić information content (AvgIpc) is 2.85. The second kappa shape index (κ2) is 6.59. The van der Waals surface area contributed by atoms with E-state index < -0.39 is 0 Å². The number of hydrogen-bond acceptors (Lipinski definition) is 2. The van der Waals surface area contributed by atoms with Crippen LogP contribution in [0.15, 0.2) is 28.7 Å². The quantitative estimate of drug-likeness (QED) is 0.890. The Morgan fingerprint density at radius 3 is 2.50 bits per heavy atom. The molecule has 2 N–H and O–H groups in total. The van der Waals surface area contributed by atoms with Crippen molar-refractivity contribution in [2.24, 2.45) is 17.1 Å². The molecule has 0 aliphatic carbocycles. The van der Waals surface area contributed by atoms with Crippen LogP contribution in [0.5, 0.6) is 0 Å². The van der Waals surface area contributed by atoms with E-state index >= 15 is 0 Å². The molecule has 2 rings (SSSR count). The lowest BCUT2D eigenvalue weighted by Crippen LogP contribution is -2.28. The maximum absolute atomic E-state index is 6.30. The maximum atomic E-state index is 6.30. The topological polar surface area (TPSA) is 29.3 Å². The van der Waals surface area contributed by atoms with Crippen LogP contribution in [-0.4, -0.2) is 24.5 Å². The molecule has 0 bridgehead atoms. The van der Waals surface area contributed by atoms with Crippen LogP contribution in [0.4, 0.5) is 0 Å². The minimum absolute atomic E-state index is 0.150. The highest BCUT2D eigenvalue weighted by molar-refractivity contribution is 9.10. The van der Waals surface area contributed by atoms with Crippen LogP contribution < -0.4 is 5.73 Å². The van der Waals surface area contributed by atoms with Gasteiger partial charge in [0.2, 0.25) is 0 Å². The van der Waals surface area contributed by atoms with Crippen LogP contribution in [-0.2, 0) is 0 Å². The molecule has 1 aromatic carbocycles. The van der Waals surface area contributed by atoms with Crippen molar-refractivity contribution in [3.63, 3.8) is 0 Å². The normalized spacial score (nSPS) is 22.1. The number of benzene rings is 1.